The van der Waals surface area contributed by atoms with Crippen LogP contribution in [0, 0.1) is 5.41 Å². The van der Waals surface area contributed by atoms with Gasteiger partial charge in [0.25, 0.3) is 0 Å². The van der Waals surface area contributed by atoms with Gasteiger partial charge in [-0.3, -0.25) is 14.6 Å². The van der Waals surface area contributed by atoms with Crippen LogP contribution in [0.15, 0.2) is 79.1 Å². The summed E-state index contributed by atoms with van der Waals surface area (Å²) in [6.45, 7) is 3.67. The van der Waals surface area contributed by atoms with Crippen molar-refractivity contribution in [3.8, 4) is 11.1 Å². The van der Waals surface area contributed by atoms with E-state index in [0.717, 1.165) is 35.1 Å². The minimum atomic E-state index is -0.628. The Hall–Kier alpha value is -3.47. The highest BCUT2D eigenvalue weighted by Gasteiger charge is 2.43. The molecule has 1 aliphatic rings. The summed E-state index contributed by atoms with van der Waals surface area (Å²) in [7, 11) is 0. The topological polar surface area (TPSA) is 62.3 Å². The molecule has 1 aromatic heterocycles. The minimum absolute atomic E-state index is 0.0384. The first kappa shape index (κ1) is 22.7. The van der Waals surface area contributed by atoms with Crippen molar-refractivity contribution in [1.82, 2.24) is 15.2 Å². The van der Waals surface area contributed by atoms with Gasteiger partial charge >= 0.3 is 0 Å². The quantitative estimate of drug-likeness (QED) is 0.595. The average molecular weight is 442 g/mol. The van der Waals surface area contributed by atoms with Crippen LogP contribution in [0.1, 0.15) is 30.9 Å². The third-order valence-electron chi connectivity index (χ3n) is 6.43. The summed E-state index contributed by atoms with van der Waals surface area (Å²) in [6.07, 6.45) is 6.14. The maximum absolute atomic E-state index is 13.3. The zero-order chi connectivity index (χ0) is 23.1. The maximum atomic E-state index is 13.3. The molecule has 2 heterocycles. The van der Waals surface area contributed by atoms with Gasteiger partial charge in [0, 0.05) is 32.0 Å². The Morgan fingerprint density at radius 1 is 0.970 bits per heavy atom. The Morgan fingerprint density at radius 3 is 2.48 bits per heavy atom. The number of hydrogen-bond donors (Lipinski definition) is 1. The monoisotopic (exact) mass is 441 g/mol. The summed E-state index contributed by atoms with van der Waals surface area (Å²) in [4.78, 5) is 32.5. The van der Waals surface area contributed by atoms with Crippen LogP contribution >= 0.6 is 0 Å². The normalized spacial score (nSPS) is 18.0. The van der Waals surface area contributed by atoms with Gasteiger partial charge in [-0.05, 0) is 60.6 Å². The van der Waals surface area contributed by atoms with E-state index in [1.54, 1.807) is 12.4 Å². The number of carbonyl (C=O) groups is 2. The molecule has 1 N–H and O–H groups in total. The zero-order valence-corrected chi connectivity index (χ0v) is 19.2. The number of likely N-dealkylation sites (tertiary alicyclic amines) is 1. The lowest BCUT2D eigenvalue weighted by molar-refractivity contribution is -0.141. The van der Waals surface area contributed by atoms with Gasteiger partial charge in [-0.25, -0.2) is 0 Å². The summed E-state index contributed by atoms with van der Waals surface area (Å²) in [5.74, 6) is 0.122. The summed E-state index contributed by atoms with van der Waals surface area (Å²) in [5.41, 5.74) is 3.68. The van der Waals surface area contributed by atoms with Crippen molar-refractivity contribution in [3.63, 3.8) is 0 Å². The van der Waals surface area contributed by atoms with Gasteiger partial charge < -0.3 is 10.2 Å². The van der Waals surface area contributed by atoms with Crippen LogP contribution < -0.4 is 5.32 Å². The number of hydrogen-bond acceptors (Lipinski definition) is 3. The molecule has 0 radical (unpaired) electrons. The number of benzene rings is 2. The first-order valence-electron chi connectivity index (χ1n) is 11.7. The molecule has 170 valence electrons. The van der Waals surface area contributed by atoms with Crippen LogP contribution in [0.25, 0.3) is 11.1 Å². The molecule has 1 saturated heterocycles. The molecule has 0 spiro atoms. The van der Waals surface area contributed by atoms with Gasteiger partial charge in [-0.1, -0.05) is 54.6 Å². The largest absolute Gasteiger partial charge is 0.356 e. The SMILES string of the molecule is CCNC(=O)[C@@]1(Cc2cccc(-c3ccncc3)c2)CCCN(C(=O)Cc2ccccc2)C1. The predicted molar refractivity (Wildman–Crippen MR) is 130 cm³/mol. The Kier molecular flexibility index (Phi) is 7.18. The molecule has 1 aliphatic heterocycles. The van der Waals surface area contributed by atoms with Crippen LogP contribution in [-0.4, -0.2) is 41.3 Å². The van der Waals surface area contributed by atoms with Gasteiger partial charge in [0.15, 0.2) is 0 Å². The zero-order valence-electron chi connectivity index (χ0n) is 19.2. The van der Waals surface area contributed by atoms with E-state index in [9.17, 15) is 9.59 Å². The molecule has 4 rings (SSSR count). The van der Waals surface area contributed by atoms with E-state index in [0.29, 0.717) is 32.5 Å². The van der Waals surface area contributed by atoms with E-state index in [-0.39, 0.29) is 11.8 Å². The lowest BCUT2D eigenvalue weighted by Gasteiger charge is -2.42. The van der Waals surface area contributed by atoms with Crippen LogP contribution in [0.4, 0.5) is 0 Å². The van der Waals surface area contributed by atoms with Gasteiger partial charge in [0.2, 0.25) is 11.8 Å². The van der Waals surface area contributed by atoms with Crippen molar-refractivity contribution < 1.29 is 9.59 Å². The standard InChI is InChI=1S/C28H31N3O2/c1-2-30-27(33)28(20-23-10-6-11-25(18-23)24-12-15-29-16-13-24)14-7-17-31(21-28)26(32)19-22-8-4-3-5-9-22/h3-6,8-13,15-16,18H,2,7,14,17,19-21H2,1H3,(H,30,33)/t28-/m1/s1. The third-order valence-corrected chi connectivity index (χ3v) is 6.43. The summed E-state index contributed by atoms with van der Waals surface area (Å²) < 4.78 is 0. The number of amides is 2. The first-order chi connectivity index (χ1) is 16.1. The molecule has 1 atom stereocenters. The van der Waals surface area contributed by atoms with Crippen molar-refractivity contribution >= 4 is 11.8 Å². The van der Waals surface area contributed by atoms with Crippen molar-refractivity contribution in [2.24, 2.45) is 5.41 Å². The number of piperidine rings is 1. The number of aromatic nitrogens is 1. The molecule has 0 bridgehead atoms. The average Bonchev–Trinajstić information content (AvgIpc) is 2.85. The smallest absolute Gasteiger partial charge is 0.228 e. The van der Waals surface area contributed by atoms with E-state index in [1.165, 1.54) is 0 Å². The molecule has 33 heavy (non-hydrogen) atoms. The van der Waals surface area contributed by atoms with E-state index in [2.05, 4.69) is 28.5 Å². The summed E-state index contributed by atoms with van der Waals surface area (Å²) in [6, 6.07) is 22.1. The molecule has 2 amide bonds. The Balaban J connectivity index is 1.57. The highest BCUT2D eigenvalue weighted by molar-refractivity contribution is 5.85. The van der Waals surface area contributed by atoms with E-state index in [4.69, 9.17) is 0 Å². The highest BCUT2D eigenvalue weighted by atomic mass is 16.2. The van der Waals surface area contributed by atoms with Crippen molar-refractivity contribution in [3.05, 3.63) is 90.3 Å². The van der Waals surface area contributed by atoms with Crippen LogP contribution in [-0.2, 0) is 22.4 Å². The van der Waals surface area contributed by atoms with Crippen molar-refractivity contribution in [2.75, 3.05) is 19.6 Å². The van der Waals surface area contributed by atoms with Crippen molar-refractivity contribution in [1.29, 1.82) is 0 Å². The van der Waals surface area contributed by atoms with Crippen molar-refractivity contribution in [2.45, 2.75) is 32.6 Å². The molecule has 0 saturated carbocycles. The summed E-state index contributed by atoms with van der Waals surface area (Å²) >= 11 is 0. The second kappa shape index (κ2) is 10.4. The molecule has 1 fully saturated rings. The van der Waals surface area contributed by atoms with Crippen LogP contribution in [0.3, 0.4) is 0 Å². The van der Waals surface area contributed by atoms with Gasteiger partial charge in [-0.2, -0.15) is 0 Å². The highest BCUT2D eigenvalue weighted by Crippen LogP contribution is 2.35. The van der Waals surface area contributed by atoms with E-state index in [1.807, 2.05) is 60.4 Å². The number of rotatable bonds is 7. The molecule has 0 unspecified atom stereocenters. The third kappa shape index (κ3) is 5.48. The van der Waals surface area contributed by atoms with Gasteiger partial charge in [0.05, 0.1) is 11.8 Å². The fourth-order valence-electron chi connectivity index (χ4n) is 4.78. The lowest BCUT2D eigenvalue weighted by atomic mass is 9.74. The van der Waals surface area contributed by atoms with Gasteiger partial charge in [0.1, 0.15) is 0 Å². The maximum Gasteiger partial charge on any atom is 0.228 e. The summed E-state index contributed by atoms with van der Waals surface area (Å²) in [5, 5.41) is 3.05. The molecular weight excluding hydrogens is 410 g/mol. The fourth-order valence-corrected chi connectivity index (χ4v) is 4.78. The number of nitrogens with zero attached hydrogens (tertiary/aromatic N) is 2. The number of pyridine rings is 1. The second-order valence-electron chi connectivity index (χ2n) is 8.83. The predicted octanol–water partition coefficient (Wildman–Crippen LogP) is 4.28. The van der Waals surface area contributed by atoms with Crippen LogP contribution in [0.2, 0.25) is 0 Å². The second-order valence-corrected chi connectivity index (χ2v) is 8.83. The molecule has 0 aliphatic carbocycles. The fraction of sp³-hybridized carbons (Fsp3) is 0.321. The molecule has 2 aromatic carbocycles. The Labute approximate surface area is 195 Å². The lowest BCUT2D eigenvalue weighted by Crippen LogP contribution is -2.54. The molecule has 3 aromatic rings. The number of nitrogens with one attached hydrogen (secondary N) is 1. The number of carbonyl (C=O) groups excluding carboxylic acids is 2. The Morgan fingerprint density at radius 2 is 1.73 bits per heavy atom. The molecule has 5 nitrogen and oxygen atoms in total. The first-order valence-corrected chi connectivity index (χ1v) is 11.7. The minimum Gasteiger partial charge on any atom is -0.356 e. The van der Waals surface area contributed by atoms with Gasteiger partial charge in [-0.15, -0.1) is 0 Å². The molecular formula is C28H31N3O2. The van der Waals surface area contributed by atoms with Crippen LogP contribution in [0.5, 0.6) is 0 Å². The molecule has 5 heteroatoms. The van der Waals surface area contributed by atoms with E-state index < -0.39 is 5.41 Å². The Bertz CT molecular complexity index is 1080. The van der Waals surface area contributed by atoms with E-state index >= 15 is 0 Å².